The Morgan fingerprint density at radius 2 is 2.00 bits per heavy atom. The van der Waals surface area contributed by atoms with E-state index in [2.05, 4.69) is 6.07 Å². The fourth-order valence-corrected chi connectivity index (χ4v) is 1.81. The highest BCUT2D eigenvalue weighted by atomic mass is 19.1. The van der Waals surface area contributed by atoms with Gasteiger partial charge in [-0.25, -0.2) is 4.39 Å². The van der Waals surface area contributed by atoms with Crippen LogP contribution in [0.15, 0.2) is 18.2 Å². The molecule has 1 aliphatic carbocycles. The van der Waals surface area contributed by atoms with Crippen LogP contribution < -0.4 is 0 Å². The van der Waals surface area contributed by atoms with Gasteiger partial charge in [0, 0.05) is 0 Å². The highest BCUT2D eigenvalue weighted by Crippen LogP contribution is 2.48. The van der Waals surface area contributed by atoms with Crippen LogP contribution in [0, 0.1) is 17.1 Å². The number of hydrogen-bond acceptors (Lipinski definition) is 1. The van der Waals surface area contributed by atoms with Gasteiger partial charge in [0.05, 0.1) is 11.5 Å². The lowest BCUT2D eigenvalue weighted by Gasteiger charge is -2.11. The Labute approximate surface area is 89.5 Å². The minimum atomic E-state index is -0.383. The summed E-state index contributed by atoms with van der Waals surface area (Å²) in [5, 5.41) is 9.06. The van der Waals surface area contributed by atoms with E-state index in [1.807, 2.05) is 19.9 Å². The molecule has 15 heavy (non-hydrogen) atoms. The average Bonchev–Trinajstić information content (AvgIpc) is 2.97. The molecule has 1 aromatic carbocycles. The lowest BCUT2D eigenvalue weighted by atomic mass is 9.92. The van der Waals surface area contributed by atoms with Crippen LogP contribution in [0.1, 0.15) is 43.7 Å². The normalized spacial score (nSPS) is 17.5. The van der Waals surface area contributed by atoms with Crippen LogP contribution in [0.3, 0.4) is 0 Å². The Morgan fingerprint density at radius 1 is 1.33 bits per heavy atom. The molecule has 2 heteroatoms. The lowest BCUT2D eigenvalue weighted by molar-refractivity contribution is 0.618. The second-order valence-corrected chi connectivity index (χ2v) is 4.62. The third-order valence-corrected chi connectivity index (χ3v) is 3.10. The zero-order valence-corrected chi connectivity index (χ0v) is 9.05. The molecule has 0 bridgehead atoms. The topological polar surface area (TPSA) is 23.8 Å². The summed E-state index contributed by atoms with van der Waals surface area (Å²) < 4.78 is 13.4. The van der Waals surface area contributed by atoms with Crippen molar-refractivity contribution >= 4 is 0 Å². The smallest absolute Gasteiger partial charge is 0.123 e. The Morgan fingerprint density at radius 3 is 2.47 bits per heavy atom. The van der Waals surface area contributed by atoms with Gasteiger partial charge in [-0.2, -0.15) is 5.26 Å². The van der Waals surface area contributed by atoms with E-state index in [-0.39, 0.29) is 11.2 Å². The molecule has 1 aliphatic rings. The van der Waals surface area contributed by atoms with Crippen molar-refractivity contribution in [3.63, 3.8) is 0 Å². The summed E-state index contributed by atoms with van der Waals surface area (Å²) in [5.74, 6) is 0.0756. The van der Waals surface area contributed by atoms with Gasteiger partial charge in [0.15, 0.2) is 0 Å². The third kappa shape index (κ3) is 1.74. The standard InChI is InChI=1S/C13H14FN/c1-9(2)10-5-11(7-12(14)6-10)13(8-15)3-4-13/h5-7,9H,3-4H2,1-2H3. The average molecular weight is 203 g/mol. The summed E-state index contributed by atoms with van der Waals surface area (Å²) in [6.45, 7) is 4.06. The zero-order valence-electron chi connectivity index (χ0n) is 9.05. The van der Waals surface area contributed by atoms with Crippen molar-refractivity contribution < 1.29 is 4.39 Å². The fourth-order valence-electron chi connectivity index (χ4n) is 1.81. The molecule has 1 saturated carbocycles. The molecule has 1 nitrogen and oxygen atoms in total. The number of halogens is 1. The van der Waals surface area contributed by atoms with E-state index in [9.17, 15) is 4.39 Å². The van der Waals surface area contributed by atoms with Crippen LogP contribution in [-0.2, 0) is 5.41 Å². The van der Waals surface area contributed by atoms with Crippen molar-refractivity contribution in [3.8, 4) is 6.07 Å². The van der Waals surface area contributed by atoms with E-state index in [1.165, 1.54) is 6.07 Å². The third-order valence-electron chi connectivity index (χ3n) is 3.10. The molecule has 78 valence electrons. The van der Waals surface area contributed by atoms with Crippen molar-refractivity contribution in [1.29, 1.82) is 5.26 Å². The highest BCUT2D eigenvalue weighted by molar-refractivity contribution is 5.41. The van der Waals surface area contributed by atoms with E-state index in [0.29, 0.717) is 5.92 Å². The molecule has 0 N–H and O–H groups in total. The molecule has 0 amide bonds. The summed E-state index contributed by atoms with van der Waals surface area (Å²) in [4.78, 5) is 0. The molecule has 1 aromatic rings. The van der Waals surface area contributed by atoms with Crippen molar-refractivity contribution in [3.05, 3.63) is 35.1 Å². The van der Waals surface area contributed by atoms with Crippen LogP contribution in [0.25, 0.3) is 0 Å². The SMILES string of the molecule is CC(C)c1cc(F)cc(C2(C#N)CC2)c1. The van der Waals surface area contributed by atoms with Crippen LogP contribution in [0.4, 0.5) is 4.39 Å². The molecular formula is C13H14FN. The summed E-state index contributed by atoms with van der Waals surface area (Å²) in [6.07, 6.45) is 1.73. The summed E-state index contributed by atoms with van der Waals surface area (Å²) in [5.41, 5.74) is 1.45. The maximum Gasteiger partial charge on any atom is 0.123 e. The second-order valence-electron chi connectivity index (χ2n) is 4.62. The van der Waals surface area contributed by atoms with Gasteiger partial charge in [0.1, 0.15) is 5.82 Å². The van der Waals surface area contributed by atoms with Crippen molar-refractivity contribution in [2.24, 2.45) is 0 Å². The summed E-state index contributed by atoms with van der Waals surface area (Å²) in [6, 6.07) is 7.33. The zero-order chi connectivity index (χ0) is 11.1. The van der Waals surface area contributed by atoms with Crippen LogP contribution in [0.2, 0.25) is 0 Å². The quantitative estimate of drug-likeness (QED) is 0.721. The van der Waals surface area contributed by atoms with Gasteiger partial charge in [0.25, 0.3) is 0 Å². The van der Waals surface area contributed by atoms with Gasteiger partial charge in [-0.1, -0.05) is 19.9 Å². The first-order valence-electron chi connectivity index (χ1n) is 5.30. The first kappa shape index (κ1) is 10.2. The van der Waals surface area contributed by atoms with Crippen LogP contribution in [0.5, 0.6) is 0 Å². The minimum absolute atomic E-state index is 0.224. The number of nitrogens with zero attached hydrogens (tertiary/aromatic N) is 1. The van der Waals surface area contributed by atoms with Crippen molar-refractivity contribution in [1.82, 2.24) is 0 Å². The monoisotopic (exact) mass is 203 g/mol. The minimum Gasteiger partial charge on any atom is -0.207 e. The number of benzene rings is 1. The van der Waals surface area contributed by atoms with Gasteiger partial charge < -0.3 is 0 Å². The number of rotatable bonds is 2. The molecule has 0 aliphatic heterocycles. The molecule has 0 heterocycles. The first-order chi connectivity index (χ1) is 7.07. The number of nitriles is 1. The molecule has 0 aromatic heterocycles. The molecular weight excluding hydrogens is 189 g/mol. The molecule has 0 atom stereocenters. The van der Waals surface area contributed by atoms with Gasteiger partial charge in [0.2, 0.25) is 0 Å². The van der Waals surface area contributed by atoms with Gasteiger partial charge in [-0.05, 0) is 42.0 Å². The Bertz CT molecular complexity index is 425. The fraction of sp³-hybridized carbons (Fsp3) is 0.462. The first-order valence-corrected chi connectivity index (χ1v) is 5.30. The largest absolute Gasteiger partial charge is 0.207 e. The predicted octanol–water partition coefficient (Wildman–Crippen LogP) is 3.50. The molecule has 1 fully saturated rings. The van der Waals surface area contributed by atoms with Crippen LogP contribution in [-0.4, -0.2) is 0 Å². The molecule has 0 unspecified atom stereocenters. The second kappa shape index (κ2) is 3.34. The van der Waals surface area contributed by atoms with E-state index in [1.54, 1.807) is 6.07 Å². The van der Waals surface area contributed by atoms with Gasteiger partial charge in [-0.15, -0.1) is 0 Å². The lowest BCUT2D eigenvalue weighted by Crippen LogP contribution is -2.04. The molecule has 0 spiro atoms. The Hall–Kier alpha value is -1.36. The van der Waals surface area contributed by atoms with Gasteiger partial charge in [-0.3, -0.25) is 0 Å². The van der Waals surface area contributed by atoms with E-state index in [0.717, 1.165) is 24.0 Å². The van der Waals surface area contributed by atoms with Crippen molar-refractivity contribution in [2.75, 3.05) is 0 Å². The summed E-state index contributed by atoms with van der Waals surface area (Å²) >= 11 is 0. The molecule has 0 radical (unpaired) electrons. The Balaban J connectivity index is 2.46. The van der Waals surface area contributed by atoms with Crippen LogP contribution >= 0.6 is 0 Å². The predicted molar refractivity (Wildman–Crippen MR) is 57.0 cm³/mol. The van der Waals surface area contributed by atoms with E-state index < -0.39 is 0 Å². The maximum atomic E-state index is 13.4. The highest BCUT2D eigenvalue weighted by Gasteiger charge is 2.45. The summed E-state index contributed by atoms with van der Waals surface area (Å²) in [7, 11) is 0. The molecule has 0 saturated heterocycles. The number of hydrogen-bond donors (Lipinski definition) is 0. The molecule has 2 rings (SSSR count). The van der Waals surface area contributed by atoms with E-state index >= 15 is 0 Å². The van der Waals surface area contributed by atoms with Gasteiger partial charge >= 0.3 is 0 Å². The maximum absolute atomic E-state index is 13.4. The van der Waals surface area contributed by atoms with E-state index in [4.69, 9.17) is 5.26 Å². The van der Waals surface area contributed by atoms with Crippen molar-refractivity contribution in [2.45, 2.75) is 38.0 Å². The Kier molecular flexibility index (Phi) is 2.26.